The van der Waals surface area contributed by atoms with Crippen LogP contribution in [0.1, 0.15) is 45.6 Å². The van der Waals surface area contributed by atoms with Crippen LogP contribution < -0.4 is 5.73 Å². The average Bonchev–Trinajstić information content (AvgIpc) is 2.72. The lowest BCUT2D eigenvalue weighted by molar-refractivity contribution is 0.108. The first-order chi connectivity index (χ1) is 8.90. The molecule has 3 rings (SSSR count). The number of nitrogens with two attached hydrogens (primary N) is 1. The van der Waals surface area contributed by atoms with Crippen LogP contribution in [-0.4, -0.2) is 0 Å². The summed E-state index contributed by atoms with van der Waals surface area (Å²) in [5.74, 6) is 0.698. The van der Waals surface area contributed by atoms with Crippen LogP contribution in [0.4, 0.5) is 0 Å². The highest BCUT2D eigenvalue weighted by Gasteiger charge is 2.42. The molecule has 1 saturated carbocycles. The van der Waals surface area contributed by atoms with E-state index in [2.05, 4.69) is 50.4 Å². The van der Waals surface area contributed by atoms with Crippen molar-refractivity contribution in [2.45, 2.75) is 45.6 Å². The van der Waals surface area contributed by atoms with E-state index in [-0.39, 0.29) is 5.54 Å². The molecule has 1 fully saturated rings. The predicted molar refractivity (Wildman–Crippen MR) is 84.5 cm³/mol. The summed E-state index contributed by atoms with van der Waals surface area (Å²) in [5.41, 5.74) is 8.42. The fourth-order valence-corrected chi connectivity index (χ4v) is 5.25. The second-order valence-corrected chi connectivity index (χ2v) is 8.07. The van der Waals surface area contributed by atoms with Gasteiger partial charge in [-0.1, -0.05) is 39.0 Å². The molecule has 0 radical (unpaired) electrons. The largest absolute Gasteiger partial charge is 0.321 e. The highest BCUT2D eigenvalue weighted by molar-refractivity contribution is 7.17. The van der Waals surface area contributed by atoms with Crippen LogP contribution in [0.15, 0.2) is 29.6 Å². The van der Waals surface area contributed by atoms with E-state index in [0.717, 1.165) is 12.8 Å². The van der Waals surface area contributed by atoms with Gasteiger partial charge in [-0.25, -0.2) is 0 Å². The minimum Gasteiger partial charge on any atom is -0.321 e. The molecule has 0 bridgehead atoms. The van der Waals surface area contributed by atoms with Gasteiger partial charge in [0.15, 0.2) is 0 Å². The summed E-state index contributed by atoms with van der Waals surface area (Å²) in [6.45, 7) is 7.06. The average molecular weight is 273 g/mol. The van der Waals surface area contributed by atoms with Crippen LogP contribution in [0.3, 0.4) is 0 Å². The Morgan fingerprint density at radius 1 is 1.21 bits per heavy atom. The molecule has 102 valence electrons. The fraction of sp³-hybridized carbons (Fsp3) is 0.529. The highest BCUT2D eigenvalue weighted by atomic mass is 32.1. The van der Waals surface area contributed by atoms with E-state index in [1.165, 1.54) is 22.1 Å². The number of thiophene rings is 1. The lowest BCUT2D eigenvalue weighted by Crippen LogP contribution is -2.46. The van der Waals surface area contributed by atoms with Gasteiger partial charge in [0, 0.05) is 10.2 Å². The van der Waals surface area contributed by atoms with Crippen molar-refractivity contribution in [2.75, 3.05) is 0 Å². The number of rotatable bonds is 1. The molecule has 1 aliphatic rings. The SMILES string of the molecule is CC1CC(C)(C)CC(N)(c2cccc3ccsc23)C1. The number of benzene rings is 1. The normalized spacial score (nSPS) is 30.6. The summed E-state index contributed by atoms with van der Waals surface area (Å²) in [6, 6.07) is 8.79. The third kappa shape index (κ3) is 2.32. The molecule has 0 spiro atoms. The van der Waals surface area contributed by atoms with E-state index in [0.29, 0.717) is 11.3 Å². The monoisotopic (exact) mass is 273 g/mol. The van der Waals surface area contributed by atoms with E-state index in [9.17, 15) is 0 Å². The molecule has 0 saturated heterocycles. The Balaban J connectivity index is 2.11. The zero-order valence-electron chi connectivity index (χ0n) is 12.1. The van der Waals surface area contributed by atoms with Crippen molar-refractivity contribution in [1.82, 2.24) is 0 Å². The van der Waals surface area contributed by atoms with Gasteiger partial charge in [-0.3, -0.25) is 0 Å². The van der Waals surface area contributed by atoms with Gasteiger partial charge in [-0.15, -0.1) is 11.3 Å². The molecule has 1 nitrogen and oxygen atoms in total. The first kappa shape index (κ1) is 13.1. The van der Waals surface area contributed by atoms with Gasteiger partial charge in [0.1, 0.15) is 0 Å². The fourth-order valence-electron chi connectivity index (χ4n) is 4.23. The Hall–Kier alpha value is -0.860. The molecule has 1 aromatic heterocycles. The molecule has 2 atom stereocenters. The predicted octanol–water partition coefficient (Wildman–Crippen LogP) is 4.90. The second kappa shape index (κ2) is 4.32. The first-order valence-electron chi connectivity index (χ1n) is 7.15. The lowest BCUT2D eigenvalue weighted by atomic mass is 9.62. The molecule has 19 heavy (non-hydrogen) atoms. The van der Waals surface area contributed by atoms with Crippen molar-refractivity contribution in [1.29, 1.82) is 0 Å². The van der Waals surface area contributed by atoms with Crippen LogP contribution in [0, 0.1) is 11.3 Å². The summed E-state index contributed by atoms with van der Waals surface area (Å²) < 4.78 is 1.38. The maximum atomic E-state index is 6.88. The van der Waals surface area contributed by atoms with Crippen molar-refractivity contribution in [3.05, 3.63) is 35.2 Å². The van der Waals surface area contributed by atoms with Crippen LogP contribution in [0.25, 0.3) is 10.1 Å². The van der Waals surface area contributed by atoms with Crippen LogP contribution >= 0.6 is 11.3 Å². The van der Waals surface area contributed by atoms with E-state index < -0.39 is 0 Å². The third-order valence-electron chi connectivity index (χ3n) is 4.42. The van der Waals surface area contributed by atoms with Crippen molar-refractivity contribution in [3.63, 3.8) is 0 Å². The van der Waals surface area contributed by atoms with Gasteiger partial charge < -0.3 is 5.73 Å². The molecule has 0 amide bonds. The molecule has 2 aromatic rings. The highest BCUT2D eigenvalue weighted by Crippen LogP contribution is 2.49. The molecule has 1 aliphatic carbocycles. The Morgan fingerprint density at radius 2 is 2.00 bits per heavy atom. The maximum absolute atomic E-state index is 6.88. The van der Waals surface area contributed by atoms with Crippen molar-refractivity contribution in [3.8, 4) is 0 Å². The minimum absolute atomic E-state index is 0.161. The zero-order chi connectivity index (χ0) is 13.7. The van der Waals surface area contributed by atoms with E-state index >= 15 is 0 Å². The molecule has 1 heterocycles. The van der Waals surface area contributed by atoms with Crippen molar-refractivity contribution >= 4 is 21.4 Å². The Bertz CT molecular complexity index is 598. The van der Waals surface area contributed by atoms with Gasteiger partial charge in [0.05, 0.1) is 0 Å². The summed E-state index contributed by atoms with van der Waals surface area (Å²) >= 11 is 1.83. The molecule has 1 aromatic carbocycles. The second-order valence-electron chi connectivity index (χ2n) is 7.16. The van der Waals surface area contributed by atoms with Crippen molar-refractivity contribution in [2.24, 2.45) is 17.1 Å². The first-order valence-corrected chi connectivity index (χ1v) is 8.03. The number of fused-ring (bicyclic) bond motifs is 1. The molecule has 2 N–H and O–H groups in total. The van der Waals surface area contributed by atoms with Gasteiger partial charge >= 0.3 is 0 Å². The van der Waals surface area contributed by atoms with Gasteiger partial charge in [-0.2, -0.15) is 0 Å². The Kier molecular flexibility index (Phi) is 2.99. The maximum Gasteiger partial charge on any atom is 0.0431 e. The topological polar surface area (TPSA) is 26.0 Å². The summed E-state index contributed by atoms with van der Waals surface area (Å²) in [4.78, 5) is 0. The van der Waals surface area contributed by atoms with Crippen LogP contribution in [-0.2, 0) is 5.54 Å². The zero-order valence-corrected chi connectivity index (χ0v) is 12.9. The van der Waals surface area contributed by atoms with E-state index in [1.807, 2.05) is 11.3 Å². The van der Waals surface area contributed by atoms with E-state index in [1.54, 1.807) is 0 Å². The standard InChI is InChI=1S/C17H23NS/c1-12-9-16(2,3)11-17(18,10-12)14-6-4-5-13-7-8-19-15(13)14/h4-8,12H,9-11,18H2,1-3H3. The summed E-state index contributed by atoms with van der Waals surface area (Å²) in [7, 11) is 0. The Labute approximate surface area is 119 Å². The Morgan fingerprint density at radius 3 is 2.74 bits per heavy atom. The number of hydrogen-bond acceptors (Lipinski definition) is 2. The smallest absolute Gasteiger partial charge is 0.0431 e. The van der Waals surface area contributed by atoms with Gasteiger partial charge in [0.2, 0.25) is 0 Å². The molecular formula is C17H23NS. The molecular weight excluding hydrogens is 250 g/mol. The minimum atomic E-state index is -0.161. The molecule has 2 heteroatoms. The number of hydrogen-bond donors (Lipinski definition) is 1. The van der Waals surface area contributed by atoms with Crippen LogP contribution in [0.5, 0.6) is 0 Å². The molecule has 0 aliphatic heterocycles. The van der Waals surface area contributed by atoms with Gasteiger partial charge in [0.25, 0.3) is 0 Å². The van der Waals surface area contributed by atoms with Gasteiger partial charge in [-0.05, 0) is 53.0 Å². The van der Waals surface area contributed by atoms with E-state index in [4.69, 9.17) is 5.73 Å². The van der Waals surface area contributed by atoms with Crippen molar-refractivity contribution < 1.29 is 0 Å². The molecule has 2 unspecified atom stereocenters. The lowest BCUT2D eigenvalue weighted by Gasteiger charge is -2.46. The van der Waals surface area contributed by atoms with Crippen LogP contribution in [0.2, 0.25) is 0 Å². The summed E-state index contributed by atoms with van der Waals surface area (Å²) in [5, 5.41) is 3.51. The third-order valence-corrected chi connectivity index (χ3v) is 5.39. The summed E-state index contributed by atoms with van der Waals surface area (Å²) in [6.07, 6.45) is 3.47. The quantitative estimate of drug-likeness (QED) is 0.785.